The van der Waals surface area contributed by atoms with Crippen molar-refractivity contribution in [3.8, 4) is 0 Å². The van der Waals surface area contributed by atoms with Crippen molar-refractivity contribution in [1.29, 1.82) is 0 Å². The molecule has 1 aliphatic rings. The number of halogens is 1. The summed E-state index contributed by atoms with van der Waals surface area (Å²) in [4.78, 5) is 9.10. The number of aromatic nitrogens is 1. The zero-order valence-electron chi connectivity index (χ0n) is 10.9. The Bertz CT molecular complexity index is 366. The minimum Gasteiger partial charge on any atom is -0.314 e. The van der Waals surface area contributed by atoms with Gasteiger partial charge in [0.15, 0.2) is 0 Å². The van der Waals surface area contributed by atoms with Gasteiger partial charge in [-0.05, 0) is 19.2 Å². The molecule has 1 N–H and O–H groups in total. The number of piperazine rings is 1. The van der Waals surface area contributed by atoms with E-state index < -0.39 is 0 Å². The lowest BCUT2D eigenvalue weighted by Gasteiger charge is -2.29. The monoisotopic (exact) mass is 268 g/mol. The molecule has 1 aromatic rings. The summed E-state index contributed by atoms with van der Waals surface area (Å²) >= 11 is 5.88. The second kappa shape index (κ2) is 7.04. The molecule has 2 rings (SSSR count). The fourth-order valence-electron chi connectivity index (χ4n) is 2.14. The lowest BCUT2D eigenvalue weighted by Crippen LogP contribution is -2.45. The first-order chi connectivity index (χ1) is 8.74. The van der Waals surface area contributed by atoms with Gasteiger partial charge in [-0.1, -0.05) is 17.7 Å². The second-order valence-corrected chi connectivity index (χ2v) is 5.17. The predicted octanol–water partition coefficient (Wildman–Crippen LogP) is 1.07. The summed E-state index contributed by atoms with van der Waals surface area (Å²) in [6.45, 7) is 7.57. The zero-order chi connectivity index (χ0) is 12.8. The van der Waals surface area contributed by atoms with Gasteiger partial charge in [-0.3, -0.25) is 9.80 Å². The summed E-state index contributed by atoms with van der Waals surface area (Å²) in [6, 6.07) is 5.79. The summed E-state index contributed by atoms with van der Waals surface area (Å²) in [5.41, 5.74) is 1.03. The van der Waals surface area contributed by atoms with Crippen LogP contribution in [0.4, 0.5) is 0 Å². The lowest BCUT2D eigenvalue weighted by atomic mass is 10.3. The van der Waals surface area contributed by atoms with Crippen LogP contribution in [0, 0.1) is 0 Å². The molecule has 4 nitrogen and oxygen atoms in total. The largest absolute Gasteiger partial charge is 0.314 e. The molecule has 0 amide bonds. The average Bonchev–Trinajstić information content (AvgIpc) is 2.38. The van der Waals surface area contributed by atoms with Crippen LogP contribution in [0.25, 0.3) is 0 Å². The van der Waals surface area contributed by atoms with Crippen molar-refractivity contribution in [2.75, 3.05) is 46.3 Å². The highest BCUT2D eigenvalue weighted by molar-refractivity contribution is 6.29. The first-order valence-electron chi connectivity index (χ1n) is 6.47. The van der Waals surface area contributed by atoms with Crippen molar-refractivity contribution in [3.05, 3.63) is 29.0 Å². The highest BCUT2D eigenvalue weighted by atomic mass is 35.5. The van der Waals surface area contributed by atoms with E-state index in [0.717, 1.165) is 51.5 Å². The van der Waals surface area contributed by atoms with Crippen molar-refractivity contribution in [1.82, 2.24) is 20.1 Å². The smallest absolute Gasteiger partial charge is 0.129 e. The minimum atomic E-state index is 0.572. The topological polar surface area (TPSA) is 31.4 Å². The van der Waals surface area contributed by atoms with Crippen LogP contribution in [0.1, 0.15) is 5.69 Å². The van der Waals surface area contributed by atoms with E-state index >= 15 is 0 Å². The van der Waals surface area contributed by atoms with Crippen molar-refractivity contribution in [2.24, 2.45) is 0 Å². The maximum atomic E-state index is 5.88. The van der Waals surface area contributed by atoms with E-state index in [1.807, 2.05) is 18.2 Å². The molecule has 1 aromatic heterocycles. The molecule has 0 unspecified atom stereocenters. The van der Waals surface area contributed by atoms with E-state index in [1.54, 1.807) is 0 Å². The number of pyridine rings is 1. The lowest BCUT2D eigenvalue weighted by molar-refractivity contribution is 0.201. The minimum absolute atomic E-state index is 0.572. The number of likely N-dealkylation sites (N-methyl/N-ethyl adjacent to an activating group) is 1. The summed E-state index contributed by atoms with van der Waals surface area (Å²) < 4.78 is 0. The van der Waals surface area contributed by atoms with Gasteiger partial charge in [0, 0.05) is 45.8 Å². The van der Waals surface area contributed by atoms with Gasteiger partial charge < -0.3 is 5.32 Å². The molecule has 0 aliphatic carbocycles. The molecular weight excluding hydrogens is 248 g/mol. The Morgan fingerprint density at radius 2 is 2.17 bits per heavy atom. The molecule has 2 heterocycles. The average molecular weight is 269 g/mol. The van der Waals surface area contributed by atoms with Gasteiger partial charge >= 0.3 is 0 Å². The van der Waals surface area contributed by atoms with E-state index in [-0.39, 0.29) is 0 Å². The molecule has 18 heavy (non-hydrogen) atoms. The first-order valence-corrected chi connectivity index (χ1v) is 6.85. The van der Waals surface area contributed by atoms with Crippen LogP contribution in [-0.2, 0) is 6.54 Å². The first kappa shape index (κ1) is 13.7. The molecule has 0 aromatic carbocycles. The Morgan fingerprint density at radius 1 is 1.39 bits per heavy atom. The van der Waals surface area contributed by atoms with Crippen LogP contribution in [0.2, 0.25) is 5.15 Å². The van der Waals surface area contributed by atoms with Crippen molar-refractivity contribution < 1.29 is 0 Å². The molecule has 0 saturated carbocycles. The molecule has 0 bridgehead atoms. The maximum absolute atomic E-state index is 5.88. The molecule has 100 valence electrons. The molecule has 0 spiro atoms. The molecule has 1 saturated heterocycles. The number of nitrogens with zero attached hydrogens (tertiary/aromatic N) is 3. The SMILES string of the molecule is CN(CCN1CCNCC1)Cc1cccc(Cl)n1. The third kappa shape index (κ3) is 4.53. The van der Waals surface area contributed by atoms with Gasteiger partial charge in [-0.25, -0.2) is 4.98 Å². The molecule has 0 atom stereocenters. The molecular formula is C13H21ClN4. The highest BCUT2D eigenvalue weighted by Gasteiger charge is 2.10. The van der Waals surface area contributed by atoms with Gasteiger partial charge in [0.1, 0.15) is 5.15 Å². The summed E-state index contributed by atoms with van der Waals surface area (Å²) in [5, 5.41) is 3.94. The Labute approximate surface area is 114 Å². The van der Waals surface area contributed by atoms with Gasteiger partial charge in [0.05, 0.1) is 5.69 Å². The normalized spacial score (nSPS) is 17.3. The summed E-state index contributed by atoms with van der Waals surface area (Å²) in [7, 11) is 2.13. The quantitative estimate of drug-likeness (QED) is 0.810. The molecule has 0 radical (unpaired) electrons. The van der Waals surface area contributed by atoms with E-state index in [2.05, 4.69) is 27.1 Å². The van der Waals surface area contributed by atoms with Crippen LogP contribution in [0.3, 0.4) is 0 Å². The van der Waals surface area contributed by atoms with E-state index in [4.69, 9.17) is 11.6 Å². The van der Waals surface area contributed by atoms with Crippen LogP contribution < -0.4 is 5.32 Å². The number of hydrogen-bond acceptors (Lipinski definition) is 4. The Kier molecular flexibility index (Phi) is 5.38. The maximum Gasteiger partial charge on any atom is 0.129 e. The third-order valence-corrected chi connectivity index (χ3v) is 3.42. The molecule has 5 heteroatoms. The van der Waals surface area contributed by atoms with Crippen LogP contribution in [0.5, 0.6) is 0 Å². The fraction of sp³-hybridized carbons (Fsp3) is 0.615. The highest BCUT2D eigenvalue weighted by Crippen LogP contribution is 2.06. The van der Waals surface area contributed by atoms with Crippen LogP contribution in [-0.4, -0.2) is 61.1 Å². The Balaban J connectivity index is 1.72. The number of hydrogen-bond donors (Lipinski definition) is 1. The fourth-order valence-corrected chi connectivity index (χ4v) is 2.32. The van der Waals surface area contributed by atoms with Crippen molar-refractivity contribution in [2.45, 2.75) is 6.54 Å². The Morgan fingerprint density at radius 3 is 2.89 bits per heavy atom. The van der Waals surface area contributed by atoms with Crippen molar-refractivity contribution in [3.63, 3.8) is 0 Å². The standard InChI is InChI=1S/C13H21ClN4/c1-17(9-10-18-7-5-15-6-8-18)11-12-3-2-4-13(14)16-12/h2-4,15H,5-11H2,1H3. The zero-order valence-corrected chi connectivity index (χ0v) is 11.7. The molecule has 1 aliphatic heterocycles. The van der Waals surface area contributed by atoms with Gasteiger partial charge in [0.2, 0.25) is 0 Å². The molecule has 1 fully saturated rings. The summed E-state index contributed by atoms with van der Waals surface area (Å²) in [6.07, 6.45) is 0. The number of nitrogens with one attached hydrogen (secondary N) is 1. The Hall–Kier alpha value is -0.680. The van der Waals surface area contributed by atoms with Gasteiger partial charge in [0.25, 0.3) is 0 Å². The van der Waals surface area contributed by atoms with Crippen LogP contribution in [0.15, 0.2) is 18.2 Å². The van der Waals surface area contributed by atoms with E-state index in [0.29, 0.717) is 5.15 Å². The second-order valence-electron chi connectivity index (χ2n) is 4.78. The summed E-state index contributed by atoms with van der Waals surface area (Å²) in [5.74, 6) is 0. The third-order valence-electron chi connectivity index (χ3n) is 3.21. The van der Waals surface area contributed by atoms with Gasteiger partial charge in [-0.15, -0.1) is 0 Å². The van der Waals surface area contributed by atoms with E-state index in [9.17, 15) is 0 Å². The number of rotatable bonds is 5. The van der Waals surface area contributed by atoms with Crippen LogP contribution >= 0.6 is 11.6 Å². The predicted molar refractivity (Wildman–Crippen MR) is 74.9 cm³/mol. The van der Waals surface area contributed by atoms with Crippen molar-refractivity contribution >= 4 is 11.6 Å². The van der Waals surface area contributed by atoms with E-state index in [1.165, 1.54) is 0 Å². The van der Waals surface area contributed by atoms with Gasteiger partial charge in [-0.2, -0.15) is 0 Å².